The zero-order chi connectivity index (χ0) is 15.5. The van der Waals surface area contributed by atoms with E-state index >= 15 is 0 Å². The fraction of sp³-hybridized carbons (Fsp3) is 0.125. The molecule has 3 rings (SSSR count). The number of carbonyl (C=O) groups is 1. The van der Waals surface area contributed by atoms with E-state index in [4.69, 9.17) is 0 Å². The maximum absolute atomic E-state index is 12.2. The first kappa shape index (κ1) is 14.3. The van der Waals surface area contributed by atoms with Crippen LogP contribution in [0.2, 0.25) is 0 Å². The van der Waals surface area contributed by atoms with Crippen molar-refractivity contribution in [2.75, 3.05) is 5.32 Å². The van der Waals surface area contributed by atoms with Gasteiger partial charge in [0.1, 0.15) is 4.88 Å². The summed E-state index contributed by atoms with van der Waals surface area (Å²) in [5.41, 5.74) is 4.92. The molecule has 0 aliphatic heterocycles. The number of aromatic nitrogens is 3. The molecule has 1 amide bonds. The Hall–Kier alpha value is -2.60. The molecule has 0 radical (unpaired) electrons. The first-order valence-corrected chi connectivity index (χ1v) is 7.64. The highest BCUT2D eigenvalue weighted by atomic mass is 32.1. The van der Waals surface area contributed by atoms with Crippen LogP contribution < -0.4 is 5.32 Å². The fourth-order valence-electron chi connectivity index (χ4n) is 2.06. The lowest BCUT2D eigenvalue weighted by Crippen LogP contribution is -2.14. The molecule has 0 bridgehead atoms. The zero-order valence-electron chi connectivity index (χ0n) is 12.2. The standard InChI is InChI=1S/C16H14N4OS/c1-10-8-13(12-6-4-3-5-7-12)19-16(18-10)20-15(21)14-11(2)17-9-22-14/h3-9H,1-2H3,(H,18,19,20,21). The molecule has 0 saturated carbocycles. The lowest BCUT2D eigenvalue weighted by molar-refractivity contribution is 0.102. The molecule has 0 unspecified atom stereocenters. The number of nitrogens with one attached hydrogen (secondary N) is 1. The van der Waals surface area contributed by atoms with Crippen molar-refractivity contribution in [3.05, 3.63) is 58.2 Å². The van der Waals surface area contributed by atoms with Crippen LogP contribution >= 0.6 is 11.3 Å². The molecule has 1 aromatic carbocycles. The van der Waals surface area contributed by atoms with Gasteiger partial charge >= 0.3 is 0 Å². The molecule has 2 heterocycles. The molecule has 6 heteroatoms. The molecule has 0 aliphatic rings. The molecule has 0 aliphatic carbocycles. The summed E-state index contributed by atoms with van der Waals surface area (Å²) in [6.45, 7) is 3.68. The Morgan fingerprint density at radius 3 is 2.59 bits per heavy atom. The third kappa shape index (κ3) is 3.01. The van der Waals surface area contributed by atoms with Crippen LogP contribution in [0.1, 0.15) is 21.1 Å². The van der Waals surface area contributed by atoms with Crippen molar-refractivity contribution in [2.45, 2.75) is 13.8 Å². The van der Waals surface area contributed by atoms with Crippen molar-refractivity contribution in [2.24, 2.45) is 0 Å². The Balaban J connectivity index is 1.90. The average Bonchev–Trinajstić information content (AvgIpc) is 2.94. The van der Waals surface area contributed by atoms with Crippen molar-refractivity contribution < 1.29 is 4.79 Å². The Morgan fingerprint density at radius 2 is 1.91 bits per heavy atom. The van der Waals surface area contributed by atoms with Crippen LogP contribution in [0.25, 0.3) is 11.3 Å². The molecule has 2 aromatic heterocycles. The molecule has 1 N–H and O–H groups in total. The third-order valence-corrected chi connectivity index (χ3v) is 4.03. The maximum Gasteiger partial charge on any atom is 0.270 e. The van der Waals surface area contributed by atoms with E-state index in [9.17, 15) is 4.79 Å². The molecule has 0 atom stereocenters. The third-order valence-electron chi connectivity index (χ3n) is 3.10. The number of aryl methyl sites for hydroxylation is 2. The van der Waals surface area contributed by atoms with E-state index in [1.54, 1.807) is 12.4 Å². The van der Waals surface area contributed by atoms with Crippen LogP contribution in [0.15, 0.2) is 41.9 Å². The highest BCUT2D eigenvalue weighted by Crippen LogP contribution is 2.20. The first-order valence-electron chi connectivity index (χ1n) is 6.76. The lowest BCUT2D eigenvalue weighted by Gasteiger charge is -2.07. The highest BCUT2D eigenvalue weighted by Gasteiger charge is 2.14. The van der Waals surface area contributed by atoms with Crippen molar-refractivity contribution >= 4 is 23.2 Å². The number of anilines is 1. The highest BCUT2D eigenvalue weighted by molar-refractivity contribution is 7.12. The molecule has 22 heavy (non-hydrogen) atoms. The summed E-state index contributed by atoms with van der Waals surface area (Å²) in [5.74, 6) is 0.0706. The van der Waals surface area contributed by atoms with Crippen molar-refractivity contribution in [3.8, 4) is 11.3 Å². The largest absolute Gasteiger partial charge is 0.290 e. The van der Waals surface area contributed by atoms with Crippen LogP contribution in [-0.2, 0) is 0 Å². The van der Waals surface area contributed by atoms with Gasteiger partial charge in [-0.15, -0.1) is 11.3 Å². The van der Waals surface area contributed by atoms with E-state index in [1.165, 1.54) is 11.3 Å². The van der Waals surface area contributed by atoms with Crippen LogP contribution in [-0.4, -0.2) is 20.9 Å². The van der Waals surface area contributed by atoms with E-state index < -0.39 is 0 Å². The van der Waals surface area contributed by atoms with E-state index in [1.807, 2.05) is 43.3 Å². The number of nitrogens with zero attached hydrogens (tertiary/aromatic N) is 3. The summed E-state index contributed by atoms with van der Waals surface area (Å²) in [6, 6.07) is 11.7. The van der Waals surface area contributed by atoms with Gasteiger partial charge in [0.15, 0.2) is 0 Å². The van der Waals surface area contributed by atoms with Crippen LogP contribution in [0.5, 0.6) is 0 Å². The monoisotopic (exact) mass is 310 g/mol. The van der Waals surface area contributed by atoms with Crippen molar-refractivity contribution in [1.82, 2.24) is 15.0 Å². The second-order valence-electron chi connectivity index (χ2n) is 4.81. The predicted molar refractivity (Wildman–Crippen MR) is 87.0 cm³/mol. The number of amides is 1. The SMILES string of the molecule is Cc1cc(-c2ccccc2)nc(NC(=O)c2scnc2C)n1. The summed E-state index contributed by atoms with van der Waals surface area (Å²) in [4.78, 5) is 25.6. The quantitative estimate of drug-likeness (QED) is 0.804. The van der Waals surface area contributed by atoms with E-state index in [-0.39, 0.29) is 5.91 Å². The van der Waals surface area contributed by atoms with Gasteiger partial charge in [-0.05, 0) is 19.9 Å². The van der Waals surface area contributed by atoms with Gasteiger partial charge in [-0.1, -0.05) is 30.3 Å². The van der Waals surface area contributed by atoms with Gasteiger partial charge in [0, 0.05) is 11.3 Å². The minimum Gasteiger partial charge on any atom is -0.290 e. The number of rotatable bonds is 3. The van der Waals surface area contributed by atoms with Crippen LogP contribution in [0, 0.1) is 13.8 Å². The van der Waals surface area contributed by atoms with Gasteiger partial charge < -0.3 is 0 Å². The van der Waals surface area contributed by atoms with Crippen molar-refractivity contribution in [1.29, 1.82) is 0 Å². The maximum atomic E-state index is 12.2. The second kappa shape index (κ2) is 6.03. The predicted octanol–water partition coefficient (Wildman–Crippen LogP) is 3.47. The summed E-state index contributed by atoms with van der Waals surface area (Å²) < 4.78 is 0. The van der Waals surface area contributed by atoms with Gasteiger partial charge in [0.2, 0.25) is 5.95 Å². The first-order chi connectivity index (χ1) is 10.6. The number of thiazole rings is 1. The Bertz CT molecular complexity index is 814. The zero-order valence-corrected chi connectivity index (χ0v) is 13.0. The Labute approximate surface area is 132 Å². The van der Waals surface area contributed by atoms with Crippen LogP contribution in [0.4, 0.5) is 5.95 Å². The van der Waals surface area contributed by atoms with Gasteiger partial charge in [-0.25, -0.2) is 15.0 Å². The molecule has 0 fully saturated rings. The normalized spacial score (nSPS) is 10.5. The molecule has 0 spiro atoms. The van der Waals surface area contributed by atoms with E-state index in [2.05, 4.69) is 20.3 Å². The number of hydrogen-bond acceptors (Lipinski definition) is 5. The van der Waals surface area contributed by atoms with Crippen LogP contribution in [0.3, 0.4) is 0 Å². The summed E-state index contributed by atoms with van der Waals surface area (Å²) in [5, 5.41) is 2.75. The number of benzene rings is 1. The molecular formula is C16H14N4OS. The molecule has 110 valence electrons. The minimum atomic E-state index is -0.232. The van der Waals surface area contributed by atoms with Crippen molar-refractivity contribution in [3.63, 3.8) is 0 Å². The van der Waals surface area contributed by atoms with Gasteiger partial charge in [-0.3, -0.25) is 10.1 Å². The number of carbonyl (C=O) groups excluding carboxylic acids is 1. The summed E-state index contributed by atoms with van der Waals surface area (Å²) in [6.07, 6.45) is 0. The summed E-state index contributed by atoms with van der Waals surface area (Å²) in [7, 11) is 0. The van der Waals surface area contributed by atoms with E-state index in [0.29, 0.717) is 16.5 Å². The van der Waals surface area contributed by atoms with E-state index in [0.717, 1.165) is 17.0 Å². The smallest absolute Gasteiger partial charge is 0.270 e. The van der Waals surface area contributed by atoms with Gasteiger partial charge in [-0.2, -0.15) is 0 Å². The lowest BCUT2D eigenvalue weighted by atomic mass is 10.1. The fourth-order valence-corrected chi connectivity index (χ4v) is 2.76. The molecule has 0 saturated heterocycles. The second-order valence-corrected chi connectivity index (χ2v) is 5.66. The Morgan fingerprint density at radius 1 is 1.14 bits per heavy atom. The molecular weight excluding hydrogens is 296 g/mol. The average molecular weight is 310 g/mol. The van der Waals surface area contributed by atoms with Gasteiger partial charge in [0.25, 0.3) is 5.91 Å². The molecule has 5 nitrogen and oxygen atoms in total. The molecule has 3 aromatic rings. The minimum absolute atomic E-state index is 0.232. The summed E-state index contributed by atoms with van der Waals surface area (Å²) >= 11 is 1.30. The topological polar surface area (TPSA) is 67.8 Å². The van der Waals surface area contributed by atoms with Gasteiger partial charge in [0.05, 0.1) is 16.9 Å². The number of hydrogen-bond donors (Lipinski definition) is 1. The Kier molecular flexibility index (Phi) is 3.93.